The molecule has 0 unspecified atom stereocenters. The van der Waals surface area contributed by atoms with Gasteiger partial charge in [-0.05, 0) is 54.6 Å². The standard InChI is InChI=1S/C20H17F2N3O4S/c1-29-19-8-6-14(24-20(26)12-5-7-16(21)17(22)9-12)11-18(19)25-30(27,28)15-4-2-3-13(23)10-15/h2-11,25H,23H2,1H3,(H,24,26). The number of hydrogen-bond donors (Lipinski definition) is 3. The van der Waals surface area contributed by atoms with Crippen molar-refractivity contribution in [1.29, 1.82) is 0 Å². The molecule has 0 spiro atoms. The molecule has 7 nitrogen and oxygen atoms in total. The van der Waals surface area contributed by atoms with Gasteiger partial charge in [-0.3, -0.25) is 9.52 Å². The number of ether oxygens (including phenoxy) is 1. The molecule has 0 fully saturated rings. The lowest BCUT2D eigenvalue weighted by molar-refractivity contribution is 0.102. The molecule has 1 amide bonds. The van der Waals surface area contributed by atoms with Crippen LogP contribution < -0.4 is 20.5 Å². The molecule has 3 rings (SSSR count). The molecule has 3 aromatic rings. The van der Waals surface area contributed by atoms with Gasteiger partial charge in [-0.25, -0.2) is 17.2 Å². The van der Waals surface area contributed by atoms with Crippen molar-refractivity contribution in [3.63, 3.8) is 0 Å². The average Bonchev–Trinajstić information content (AvgIpc) is 2.70. The molecule has 4 N–H and O–H groups in total. The first-order chi connectivity index (χ1) is 14.2. The number of amides is 1. The highest BCUT2D eigenvalue weighted by molar-refractivity contribution is 7.92. The maximum atomic E-state index is 13.4. The largest absolute Gasteiger partial charge is 0.495 e. The van der Waals surface area contributed by atoms with Crippen LogP contribution in [0.5, 0.6) is 5.75 Å². The minimum Gasteiger partial charge on any atom is -0.495 e. The van der Waals surface area contributed by atoms with Gasteiger partial charge in [0, 0.05) is 16.9 Å². The number of carbonyl (C=O) groups excluding carboxylic acids is 1. The van der Waals surface area contributed by atoms with Gasteiger partial charge in [-0.1, -0.05) is 6.07 Å². The molecule has 0 aliphatic rings. The maximum absolute atomic E-state index is 13.4. The Morgan fingerprint density at radius 1 is 1.00 bits per heavy atom. The van der Waals surface area contributed by atoms with E-state index in [0.29, 0.717) is 0 Å². The summed E-state index contributed by atoms with van der Waals surface area (Å²) in [5.74, 6) is -2.74. The Labute approximate surface area is 171 Å². The number of halogens is 2. The summed E-state index contributed by atoms with van der Waals surface area (Å²) in [4.78, 5) is 12.2. The second kappa shape index (κ2) is 8.37. The zero-order chi connectivity index (χ0) is 21.9. The molecule has 10 heteroatoms. The van der Waals surface area contributed by atoms with Crippen LogP contribution >= 0.6 is 0 Å². The fourth-order valence-corrected chi connectivity index (χ4v) is 3.71. The third-order valence-electron chi connectivity index (χ3n) is 4.05. The molecular weight excluding hydrogens is 416 g/mol. The third kappa shape index (κ3) is 4.66. The van der Waals surface area contributed by atoms with Crippen LogP contribution in [-0.2, 0) is 10.0 Å². The van der Waals surface area contributed by atoms with Crippen LogP contribution in [0.25, 0.3) is 0 Å². The van der Waals surface area contributed by atoms with Crippen molar-refractivity contribution in [2.45, 2.75) is 4.90 Å². The van der Waals surface area contributed by atoms with E-state index in [-0.39, 0.29) is 33.3 Å². The monoisotopic (exact) mass is 433 g/mol. The topological polar surface area (TPSA) is 111 Å². The van der Waals surface area contributed by atoms with E-state index in [4.69, 9.17) is 10.5 Å². The van der Waals surface area contributed by atoms with Gasteiger partial charge < -0.3 is 15.8 Å². The Balaban J connectivity index is 1.88. The number of hydrogen-bond acceptors (Lipinski definition) is 5. The molecular formula is C20H17F2N3O4S. The van der Waals surface area contributed by atoms with E-state index in [2.05, 4.69) is 10.0 Å². The van der Waals surface area contributed by atoms with E-state index in [1.54, 1.807) is 6.07 Å². The summed E-state index contributed by atoms with van der Waals surface area (Å²) in [5.41, 5.74) is 6.08. The van der Waals surface area contributed by atoms with Crippen molar-refractivity contribution in [2.24, 2.45) is 0 Å². The van der Waals surface area contributed by atoms with Crippen LogP contribution in [0.1, 0.15) is 10.4 Å². The number of carbonyl (C=O) groups is 1. The van der Waals surface area contributed by atoms with Crippen molar-refractivity contribution in [1.82, 2.24) is 0 Å². The van der Waals surface area contributed by atoms with Gasteiger partial charge in [-0.15, -0.1) is 0 Å². The van der Waals surface area contributed by atoms with Crippen molar-refractivity contribution >= 4 is 33.0 Å². The van der Waals surface area contributed by atoms with Gasteiger partial charge in [0.1, 0.15) is 5.75 Å². The third-order valence-corrected chi connectivity index (χ3v) is 5.42. The molecule has 30 heavy (non-hydrogen) atoms. The number of methoxy groups -OCH3 is 1. The van der Waals surface area contributed by atoms with E-state index in [1.807, 2.05) is 0 Å². The molecule has 0 radical (unpaired) electrons. The van der Waals surface area contributed by atoms with Crippen LogP contribution in [0.3, 0.4) is 0 Å². The molecule has 0 atom stereocenters. The van der Waals surface area contributed by atoms with Crippen molar-refractivity contribution < 1.29 is 26.7 Å². The zero-order valence-corrected chi connectivity index (χ0v) is 16.5. The summed E-state index contributed by atoms with van der Waals surface area (Å²) in [5, 5.41) is 2.49. The fraction of sp³-hybridized carbons (Fsp3) is 0.0500. The quantitative estimate of drug-likeness (QED) is 0.515. The lowest BCUT2D eigenvalue weighted by atomic mass is 10.2. The highest BCUT2D eigenvalue weighted by atomic mass is 32.2. The summed E-state index contributed by atoms with van der Waals surface area (Å²) in [6.45, 7) is 0. The van der Waals surface area contributed by atoms with Gasteiger partial charge in [0.15, 0.2) is 11.6 Å². The minimum atomic E-state index is -3.99. The molecule has 0 saturated heterocycles. The molecule has 0 saturated carbocycles. The predicted molar refractivity (Wildman–Crippen MR) is 109 cm³/mol. The normalized spacial score (nSPS) is 11.0. The van der Waals surface area contributed by atoms with Crippen molar-refractivity contribution in [3.05, 3.63) is 77.9 Å². The van der Waals surface area contributed by atoms with Crippen LogP contribution in [0, 0.1) is 11.6 Å². The van der Waals surface area contributed by atoms with E-state index >= 15 is 0 Å². The molecule has 0 aliphatic heterocycles. The summed E-state index contributed by atoms with van der Waals surface area (Å²) in [6.07, 6.45) is 0. The molecule has 0 heterocycles. The Morgan fingerprint density at radius 2 is 1.77 bits per heavy atom. The average molecular weight is 433 g/mol. The Hall–Kier alpha value is -3.66. The second-order valence-electron chi connectivity index (χ2n) is 6.18. The number of rotatable bonds is 6. The van der Waals surface area contributed by atoms with Gasteiger partial charge in [0.05, 0.1) is 17.7 Å². The predicted octanol–water partition coefficient (Wildman–Crippen LogP) is 3.61. The molecule has 0 aliphatic carbocycles. The number of nitrogens with one attached hydrogen (secondary N) is 2. The zero-order valence-electron chi connectivity index (χ0n) is 15.6. The van der Waals surface area contributed by atoms with Crippen molar-refractivity contribution in [3.8, 4) is 5.75 Å². The highest BCUT2D eigenvalue weighted by Crippen LogP contribution is 2.30. The lowest BCUT2D eigenvalue weighted by Crippen LogP contribution is -2.15. The first kappa shape index (κ1) is 21.1. The van der Waals surface area contributed by atoms with E-state index in [0.717, 1.165) is 18.2 Å². The van der Waals surface area contributed by atoms with Crippen LogP contribution in [0.4, 0.5) is 25.8 Å². The molecule has 156 valence electrons. The van der Waals surface area contributed by atoms with Crippen LogP contribution in [-0.4, -0.2) is 21.4 Å². The smallest absolute Gasteiger partial charge is 0.262 e. The number of nitrogens with two attached hydrogens (primary N) is 1. The minimum absolute atomic E-state index is 0.0548. The molecule has 0 bridgehead atoms. The number of nitrogen functional groups attached to an aromatic ring is 1. The first-order valence-corrected chi connectivity index (χ1v) is 10.0. The molecule has 3 aromatic carbocycles. The van der Waals surface area contributed by atoms with Crippen LogP contribution in [0.15, 0.2) is 65.6 Å². The maximum Gasteiger partial charge on any atom is 0.262 e. The highest BCUT2D eigenvalue weighted by Gasteiger charge is 2.18. The second-order valence-corrected chi connectivity index (χ2v) is 7.86. The van der Waals surface area contributed by atoms with Gasteiger partial charge in [-0.2, -0.15) is 0 Å². The number of sulfonamides is 1. The summed E-state index contributed by atoms with van der Waals surface area (Å²) in [6, 6.07) is 12.7. The van der Waals surface area contributed by atoms with E-state index in [9.17, 15) is 22.0 Å². The lowest BCUT2D eigenvalue weighted by Gasteiger charge is -2.14. The summed E-state index contributed by atoms with van der Waals surface area (Å²) < 4.78 is 59.3. The van der Waals surface area contributed by atoms with Crippen molar-refractivity contribution in [2.75, 3.05) is 22.9 Å². The number of benzene rings is 3. The van der Waals surface area contributed by atoms with E-state index in [1.165, 1.54) is 43.5 Å². The Bertz CT molecular complexity index is 1220. The van der Waals surface area contributed by atoms with Gasteiger partial charge >= 0.3 is 0 Å². The number of anilines is 3. The molecule has 0 aromatic heterocycles. The Morgan fingerprint density at radius 3 is 2.43 bits per heavy atom. The summed E-state index contributed by atoms with van der Waals surface area (Å²) >= 11 is 0. The van der Waals surface area contributed by atoms with E-state index < -0.39 is 27.6 Å². The van der Waals surface area contributed by atoms with Gasteiger partial charge in [0.2, 0.25) is 0 Å². The Kier molecular flexibility index (Phi) is 5.88. The first-order valence-electron chi connectivity index (χ1n) is 8.52. The fourth-order valence-electron chi connectivity index (χ4n) is 2.59. The van der Waals surface area contributed by atoms with Gasteiger partial charge in [0.25, 0.3) is 15.9 Å². The van der Waals surface area contributed by atoms with Crippen LogP contribution in [0.2, 0.25) is 0 Å². The SMILES string of the molecule is COc1ccc(NC(=O)c2ccc(F)c(F)c2)cc1NS(=O)(=O)c1cccc(N)c1. The summed E-state index contributed by atoms with van der Waals surface area (Å²) in [7, 11) is -2.64.